The molecule has 0 saturated carbocycles. The number of rotatable bonds is 10. The highest BCUT2D eigenvalue weighted by atomic mass is 35.5. The Balaban J connectivity index is 0.00000364. The van der Waals surface area contributed by atoms with Crippen molar-refractivity contribution >= 4 is 29.9 Å². The van der Waals surface area contributed by atoms with Crippen LogP contribution in [0.2, 0.25) is 5.02 Å². The lowest BCUT2D eigenvalue weighted by molar-refractivity contribution is -0.121. The highest BCUT2D eigenvalue weighted by Crippen LogP contribution is 2.30. The minimum atomic E-state index is -0.310. The average molecular weight is 411 g/mol. The number of hydrogen-bond donors (Lipinski definition) is 2. The topological polar surface area (TPSA) is 64.3 Å². The van der Waals surface area contributed by atoms with E-state index in [1.165, 1.54) is 0 Å². The molecular weight excluding hydrogens is 383 g/mol. The first-order valence-electron chi connectivity index (χ1n) is 9.03. The molecule has 0 heterocycles. The first-order chi connectivity index (χ1) is 12.7. The van der Waals surface area contributed by atoms with E-state index in [0.29, 0.717) is 18.0 Å². The fourth-order valence-electron chi connectivity index (χ4n) is 2.89. The van der Waals surface area contributed by atoms with E-state index in [0.717, 1.165) is 42.6 Å². The van der Waals surface area contributed by atoms with Crippen molar-refractivity contribution in [2.75, 3.05) is 13.7 Å². The molecule has 0 aromatic heterocycles. The van der Waals surface area contributed by atoms with Gasteiger partial charge in [0.15, 0.2) is 0 Å². The van der Waals surface area contributed by atoms with Gasteiger partial charge in [-0.3, -0.25) is 4.79 Å². The number of amides is 1. The number of ether oxygens (including phenoxy) is 1. The second kappa shape index (κ2) is 12.6. The molecule has 0 aliphatic rings. The Kier molecular flexibility index (Phi) is 10.9. The second-order valence-corrected chi connectivity index (χ2v) is 6.66. The zero-order valence-corrected chi connectivity index (χ0v) is 17.2. The van der Waals surface area contributed by atoms with E-state index in [9.17, 15) is 4.79 Å². The summed E-state index contributed by atoms with van der Waals surface area (Å²) >= 11 is 6.39. The lowest BCUT2D eigenvalue weighted by Crippen LogP contribution is -2.29. The summed E-state index contributed by atoms with van der Waals surface area (Å²) in [7, 11) is 1.63. The van der Waals surface area contributed by atoms with Crippen molar-refractivity contribution in [3.8, 4) is 5.75 Å². The third kappa shape index (κ3) is 7.41. The van der Waals surface area contributed by atoms with Gasteiger partial charge >= 0.3 is 0 Å². The molecule has 27 heavy (non-hydrogen) atoms. The van der Waals surface area contributed by atoms with Crippen molar-refractivity contribution in [2.24, 2.45) is 5.73 Å². The van der Waals surface area contributed by atoms with Gasteiger partial charge in [-0.25, -0.2) is 0 Å². The molecular formula is C21H28Cl2N2O2. The Hall–Kier alpha value is -1.75. The summed E-state index contributed by atoms with van der Waals surface area (Å²) in [5.41, 5.74) is 7.31. The second-order valence-electron chi connectivity index (χ2n) is 6.25. The van der Waals surface area contributed by atoms with Crippen molar-refractivity contribution in [2.45, 2.75) is 38.1 Å². The first-order valence-corrected chi connectivity index (χ1v) is 9.41. The molecule has 1 unspecified atom stereocenters. The lowest BCUT2D eigenvalue weighted by Gasteiger charge is -2.21. The molecule has 2 aromatic carbocycles. The van der Waals surface area contributed by atoms with E-state index in [1.807, 2.05) is 48.5 Å². The molecule has 2 rings (SSSR count). The number of carbonyl (C=O) groups excluding carboxylic acids is 1. The quantitative estimate of drug-likeness (QED) is 0.548. The third-order valence-electron chi connectivity index (χ3n) is 4.31. The number of hydrogen-bond acceptors (Lipinski definition) is 3. The summed E-state index contributed by atoms with van der Waals surface area (Å²) in [6, 6.07) is 15.0. The molecule has 0 spiro atoms. The van der Waals surface area contributed by atoms with Crippen LogP contribution in [0.4, 0.5) is 0 Å². The van der Waals surface area contributed by atoms with Crippen molar-refractivity contribution in [1.82, 2.24) is 5.32 Å². The number of carbonyl (C=O) groups is 1. The van der Waals surface area contributed by atoms with Crippen LogP contribution in [0.25, 0.3) is 0 Å². The minimum absolute atomic E-state index is 0. The van der Waals surface area contributed by atoms with Gasteiger partial charge in [-0.1, -0.05) is 54.8 Å². The van der Waals surface area contributed by atoms with Gasteiger partial charge in [0.2, 0.25) is 5.91 Å². The van der Waals surface area contributed by atoms with Crippen LogP contribution in [0.1, 0.15) is 49.3 Å². The van der Waals surface area contributed by atoms with Gasteiger partial charge in [0.05, 0.1) is 13.2 Å². The number of unbranched alkanes of at least 4 members (excludes halogenated alkanes) is 3. The number of nitrogens with one attached hydrogen (secondary N) is 1. The predicted octanol–water partition coefficient (Wildman–Crippen LogP) is 4.89. The Morgan fingerprint density at radius 1 is 1.11 bits per heavy atom. The van der Waals surface area contributed by atoms with E-state index < -0.39 is 0 Å². The van der Waals surface area contributed by atoms with Crippen molar-refractivity contribution < 1.29 is 9.53 Å². The number of methoxy groups -OCH3 is 1. The maximum absolute atomic E-state index is 12.5. The predicted molar refractivity (Wildman–Crippen MR) is 114 cm³/mol. The van der Waals surface area contributed by atoms with Crippen molar-refractivity contribution in [3.05, 3.63) is 64.7 Å². The van der Waals surface area contributed by atoms with Crippen LogP contribution in [0.5, 0.6) is 5.75 Å². The molecule has 148 valence electrons. The van der Waals surface area contributed by atoms with E-state index in [-0.39, 0.29) is 24.4 Å². The van der Waals surface area contributed by atoms with Crippen LogP contribution in [0, 0.1) is 0 Å². The van der Waals surface area contributed by atoms with Crippen LogP contribution in [-0.4, -0.2) is 19.6 Å². The largest absolute Gasteiger partial charge is 0.497 e. The van der Waals surface area contributed by atoms with E-state index in [1.54, 1.807) is 7.11 Å². The smallest absolute Gasteiger partial charge is 0.220 e. The SMILES string of the molecule is COc1cccc(C(NC(=O)CCCCCCN)c2ccccc2Cl)c1.Cl. The molecule has 1 atom stereocenters. The summed E-state index contributed by atoms with van der Waals surface area (Å²) in [5.74, 6) is 0.765. The molecule has 1 amide bonds. The maximum Gasteiger partial charge on any atom is 0.220 e. The van der Waals surface area contributed by atoms with Crippen LogP contribution in [0.15, 0.2) is 48.5 Å². The van der Waals surface area contributed by atoms with E-state index in [2.05, 4.69) is 5.32 Å². The van der Waals surface area contributed by atoms with Gasteiger partial charge in [0.25, 0.3) is 0 Å². The summed E-state index contributed by atoms with van der Waals surface area (Å²) < 4.78 is 5.32. The zero-order valence-electron chi connectivity index (χ0n) is 15.6. The summed E-state index contributed by atoms with van der Waals surface area (Å²) in [4.78, 5) is 12.5. The number of halogens is 2. The van der Waals surface area contributed by atoms with E-state index >= 15 is 0 Å². The van der Waals surface area contributed by atoms with Crippen LogP contribution >= 0.6 is 24.0 Å². The molecule has 2 aromatic rings. The Bertz CT molecular complexity index is 710. The van der Waals surface area contributed by atoms with Gasteiger partial charge in [0, 0.05) is 11.4 Å². The van der Waals surface area contributed by atoms with E-state index in [4.69, 9.17) is 22.1 Å². The first kappa shape index (κ1) is 23.3. The van der Waals surface area contributed by atoms with Crippen molar-refractivity contribution in [1.29, 1.82) is 0 Å². The third-order valence-corrected chi connectivity index (χ3v) is 4.65. The van der Waals surface area contributed by atoms with Crippen LogP contribution < -0.4 is 15.8 Å². The summed E-state index contributed by atoms with van der Waals surface area (Å²) in [6.07, 6.45) is 4.44. The van der Waals surface area contributed by atoms with Crippen LogP contribution in [0.3, 0.4) is 0 Å². The fraction of sp³-hybridized carbons (Fsp3) is 0.381. The average Bonchev–Trinajstić information content (AvgIpc) is 2.66. The Labute approximate surface area is 172 Å². The number of benzene rings is 2. The van der Waals surface area contributed by atoms with Crippen LogP contribution in [-0.2, 0) is 4.79 Å². The lowest BCUT2D eigenvalue weighted by atomic mass is 9.98. The highest BCUT2D eigenvalue weighted by molar-refractivity contribution is 6.31. The molecule has 0 aliphatic carbocycles. The Morgan fingerprint density at radius 3 is 2.56 bits per heavy atom. The fourth-order valence-corrected chi connectivity index (χ4v) is 3.13. The summed E-state index contributed by atoms with van der Waals surface area (Å²) in [5, 5.41) is 3.76. The Morgan fingerprint density at radius 2 is 1.85 bits per heavy atom. The van der Waals surface area contributed by atoms with Gasteiger partial charge in [-0.15, -0.1) is 12.4 Å². The normalized spacial score (nSPS) is 11.4. The molecule has 3 N–H and O–H groups in total. The molecule has 0 bridgehead atoms. The minimum Gasteiger partial charge on any atom is -0.497 e. The zero-order chi connectivity index (χ0) is 18.8. The molecule has 0 fully saturated rings. The van der Waals surface area contributed by atoms with Gasteiger partial charge in [0.1, 0.15) is 5.75 Å². The molecule has 0 aliphatic heterocycles. The molecule has 4 nitrogen and oxygen atoms in total. The standard InChI is InChI=1S/C21H27ClN2O2.ClH/c1-26-17-10-8-9-16(15-17)21(18-11-5-6-12-19(18)22)24-20(25)13-4-2-3-7-14-23;/h5-6,8-12,15,21H,2-4,7,13-14,23H2,1H3,(H,24,25);1H. The highest BCUT2D eigenvalue weighted by Gasteiger charge is 2.19. The summed E-state index contributed by atoms with van der Waals surface area (Å²) in [6.45, 7) is 0.705. The van der Waals surface area contributed by atoms with Gasteiger partial charge in [-0.2, -0.15) is 0 Å². The van der Waals surface area contributed by atoms with Crippen molar-refractivity contribution in [3.63, 3.8) is 0 Å². The van der Waals surface area contributed by atoms with Gasteiger partial charge in [-0.05, 0) is 48.7 Å². The maximum atomic E-state index is 12.5. The number of nitrogens with two attached hydrogens (primary N) is 1. The molecule has 0 radical (unpaired) electrons. The van der Waals surface area contributed by atoms with Gasteiger partial charge < -0.3 is 15.8 Å². The molecule has 0 saturated heterocycles. The monoisotopic (exact) mass is 410 g/mol. The molecule has 6 heteroatoms.